The van der Waals surface area contributed by atoms with Crippen molar-refractivity contribution < 1.29 is 23.9 Å². The maximum atomic E-state index is 12.4. The molecule has 0 aromatic heterocycles. The molecule has 0 saturated heterocycles. The second kappa shape index (κ2) is 12.0. The van der Waals surface area contributed by atoms with Crippen molar-refractivity contribution in [3.63, 3.8) is 0 Å². The summed E-state index contributed by atoms with van der Waals surface area (Å²) in [6.45, 7) is 2.86. The number of carbonyl (C=O) groups is 1. The Balaban J connectivity index is 1.52. The van der Waals surface area contributed by atoms with Crippen LogP contribution < -0.4 is 19.6 Å². The fourth-order valence-corrected chi connectivity index (χ4v) is 2.90. The molecule has 0 heterocycles. The van der Waals surface area contributed by atoms with Gasteiger partial charge in [-0.1, -0.05) is 6.92 Å². The van der Waals surface area contributed by atoms with Gasteiger partial charge >= 0.3 is 0 Å². The van der Waals surface area contributed by atoms with Gasteiger partial charge in [0.1, 0.15) is 12.4 Å². The molecule has 0 saturated carbocycles. The van der Waals surface area contributed by atoms with Crippen LogP contribution in [0.15, 0.2) is 71.8 Å². The summed E-state index contributed by atoms with van der Waals surface area (Å²) in [5.74, 6) is 1.33. The topological polar surface area (TPSA) is 112 Å². The van der Waals surface area contributed by atoms with E-state index in [9.17, 15) is 14.9 Å². The third-order valence-corrected chi connectivity index (χ3v) is 4.70. The Bertz CT molecular complexity index is 1140. The number of amides is 1. The summed E-state index contributed by atoms with van der Waals surface area (Å²) in [7, 11) is 1.52. The lowest BCUT2D eigenvalue weighted by Gasteiger charge is -2.11. The Labute approximate surface area is 197 Å². The molecule has 0 aliphatic heterocycles. The minimum atomic E-state index is -0.441. The number of methoxy groups -OCH3 is 1. The molecule has 1 N–H and O–H groups in total. The molecule has 3 aromatic rings. The smallest absolute Gasteiger partial charge is 0.271 e. The number of hydrazone groups is 1. The van der Waals surface area contributed by atoms with E-state index in [2.05, 4.69) is 10.5 Å². The highest BCUT2D eigenvalue weighted by Crippen LogP contribution is 2.28. The third-order valence-electron chi connectivity index (χ3n) is 4.70. The molecular formula is C25H25N3O6. The number of nitrogens with zero attached hydrogens (tertiary/aromatic N) is 2. The van der Waals surface area contributed by atoms with Gasteiger partial charge in [0.15, 0.2) is 11.5 Å². The van der Waals surface area contributed by atoms with E-state index in [1.54, 1.807) is 54.6 Å². The molecule has 34 heavy (non-hydrogen) atoms. The van der Waals surface area contributed by atoms with Crippen molar-refractivity contribution in [3.8, 4) is 17.2 Å². The number of rotatable bonds is 11. The van der Waals surface area contributed by atoms with Gasteiger partial charge in [0, 0.05) is 17.7 Å². The molecule has 0 unspecified atom stereocenters. The highest BCUT2D eigenvalue weighted by atomic mass is 16.6. The van der Waals surface area contributed by atoms with E-state index in [0.717, 1.165) is 17.5 Å². The van der Waals surface area contributed by atoms with Gasteiger partial charge < -0.3 is 14.2 Å². The summed E-state index contributed by atoms with van der Waals surface area (Å²) < 4.78 is 16.6. The first-order valence-corrected chi connectivity index (χ1v) is 10.6. The van der Waals surface area contributed by atoms with E-state index in [1.807, 2.05) is 6.92 Å². The van der Waals surface area contributed by atoms with Crippen LogP contribution in [0.1, 0.15) is 34.8 Å². The average Bonchev–Trinajstić information content (AvgIpc) is 2.87. The standard InChI is InChI=1S/C25H25N3O6/c1-3-14-33-23-13-8-20(15-24(23)32-2)25(29)27-26-16-18-6-11-22(12-7-18)34-17-19-4-9-21(10-5-19)28(30)31/h4-13,15-16H,3,14,17H2,1-2H3,(H,27,29)/b26-16+. The second-order valence-electron chi connectivity index (χ2n) is 7.19. The number of non-ortho nitro benzene ring substituents is 1. The predicted octanol–water partition coefficient (Wildman–Crippen LogP) is 4.74. The minimum absolute atomic E-state index is 0.0385. The maximum absolute atomic E-state index is 12.4. The van der Waals surface area contributed by atoms with Gasteiger partial charge in [-0.05, 0) is 72.1 Å². The van der Waals surface area contributed by atoms with Gasteiger partial charge in [-0.25, -0.2) is 5.43 Å². The predicted molar refractivity (Wildman–Crippen MR) is 128 cm³/mol. The lowest BCUT2D eigenvalue weighted by atomic mass is 10.2. The van der Waals surface area contributed by atoms with Crippen LogP contribution in [0.4, 0.5) is 5.69 Å². The van der Waals surface area contributed by atoms with Crippen molar-refractivity contribution in [2.75, 3.05) is 13.7 Å². The second-order valence-corrected chi connectivity index (χ2v) is 7.19. The molecule has 0 spiro atoms. The van der Waals surface area contributed by atoms with Crippen LogP contribution in [0.2, 0.25) is 0 Å². The maximum Gasteiger partial charge on any atom is 0.271 e. The summed E-state index contributed by atoms with van der Waals surface area (Å²) >= 11 is 0. The summed E-state index contributed by atoms with van der Waals surface area (Å²) in [5.41, 5.74) is 4.51. The van der Waals surface area contributed by atoms with E-state index in [-0.39, 0.29) is 18.2 Å². The first-order valence-electron chi connectivity index (χ1n) is 10.6. The zero-order chi connectivity index (χ0) is 24.3. The van der Waals surface area contributed by atoms with Crippen molar-refractivity contribution in [1.29, 1.82) is 0 Å². The van der Waals surface area contributed by atoms with E-state index >= 15 is 0 Å². The molecule has 9 nitrogen and oxygen atoms in total. The zero-order valence-corrected chi connectivity index (χ0v) is 18.9. The highest BCUT2D eigenvalue weighted by molar-refractivity contribution is 5.95. The number of nitrogens with one attached hydrogen (secondary N) is 1. The number of hydrogen-bond donors (Lipinski definition) is 1. The van der Waals surface area contributed by atoms with Gasteiger partial charge in [0.05, 0.1) is 24.9 Å². The number of benzene rings is 3. The molecule has 0 fully saturated rings. The van der Waals surface area contributed by atoms with Crippen molar-refractivity contribution in [1.82, 2.24) is 5.43 Å². The Hall–Kier alpha value is -4.40. The normalized spacial score (nSPS) is 10.6. The van der Waals surface area contributed by atoms with Gasteiger partial charge in [-0.2, -0.15) is 5.10 Å². The fraction of sp³-hybridized carbons (Fsp3) is 0.200. The molecule has 1 amide bonds. The molecule has 3 aromatic carbocycles. The van der Waals surface area contributed by atoms with E-state index in [4.69, 9.17) is 14.2 Å². The van der Waals surface area contributed by atoms with Crippen molar-refractivity contribution in [3.05, 3.63) is 93.5 Å². The van der Waals surface area contributed by atoms with Crippen LogP contribution >= 0.6 is 0 Å². The van der Waals surface area contributed by atoms with Crippen LogP contribution in [-0.2, 0) is 6.61 Å². The molecule has 0 atom stereocenters. The Morgan fingerprint density at radius 2 is 1.76 bits per heavy atom. The summed E-state index contributed by atoms with van der Waals surface area (Å²) in [6.07, 6.45) is 2.39. The van der Waals surface area contributed by atoms with Crippen LogP contribution in [0.5, 0.6) is 17.2 Å². The molecular weight excluding hydrogens is 438 g/mol. The number of hydrogen-bond acceptors (Lipinski definition) is 7. The Kier molecular flexibility index (Phi) is 8.56. The lowest BCUT2D eigenvalue weighted by molar-refractivity contribution is -0.384. The number of ether oxygens (including phenoxy) is 3. The minimum Gasteiger partial charge on any atom is -0.493 e. The van der Waals surface area contributed by atoms with Crippen LogP contribution in [0.25, 0.3) is 0 Å². The highest BCUT2D eigenvalue weighted by Gasteiger charge is 2.10. The van der Waals surface area contributed by atoms with Crippen LogP contribution in [0, 0.1) is 10.1 Å². The third kappa shape index (κ3) is 6.80. The zero-order valence-electron chi connectivity index (χ0n) is 18.9. The van der Waals surface area contributed by atoms with Crippen LogP contribution in [-0.4, -0.2) is 30.8 Å². The molecule has 176 valence electrons. The quantitative estimate of drug-likeness (QED) is 0.250. The summed E-state index contributed by atoms with van der Waals surface area (Å²) in [5, 5.41) is 14.7. The largest absolute Gasteiger partial charge is 0.493 e. The van der Waals surface area contributed by atoms with Gasteiger partial charge in [0.25, 0.3) is 11.6 Å². The molecule has 3 rings (SSSR count). The SMILES string of the molecule is CCCOc1ccc(C(=O)N/N=C/c2ccc(OCc3ccc([N+](=O)[O-])cc3)cc2)cc1OC. The van der Waals surface area contributed by atoms with Gasteiger partial charge in [-0.3, -0.25) is 14.9 Å². The van der Waals surface area contributed by atoms with Gasteiger partial charge in [-0.15, -0.1) is 0 Å². The van der Waals surface area contributed by atoms with Crippen LogP contribution in [0.3, 0.4) is 0 Å². The first-order chi connectivity index (χ1) is 16.5. The fourth-order valence-electron chi connectivity index (χ4n) is 2.90. The number of carbonyl (C=O) groups excluding carboxylic acids is 1. The first kappa shape index (κ1) is 24.2. The molecule has 0 aliphatic rings. The molecule has 9 heteroatoms. The average molecular weight is 463 g/mol. The van der Waals surface area contributed by atoms with E-state index < -0.39 is 4.92 Å². The summed E-state index contributed by atoms with van der Waals surface area (Å²) in [6, 6.07) is 18.3. The van der Waals surface area contributed by atoms with Crippen molar-refractivity contribution >= 4 is 17.8 Å². The number of nitro groups is 1. The Morgan fingerprint density at radius 1 is 1.03 bits per heavy atom. The molecule has 0 bridgehead atoms. The van der Waals surface area contributed by atoms with Crippen molar-refractivity contribution in [2.45, 2.75) is 20.0 Å². The number of nitro benzene ring substituents is 1. The Morgan fingerprint density at radius 3 is 2.41 bits per heavy atom. The molecule has 0 radical (unpaired) electrons. The summed E-state index contributed by atoms with van der Waals surface area (Å²) in [4.78, 5) is 22.6. The van der Waals surface area contributed by atoms with E-state index in [1.165, 1.54) is 25.5 Å². The lowest BCUT2D eigenvalue weighted by Crippen LogP contribution is -2.17. The van der Waals surface area contributed by atoms with Crippen molar-refractivity contribution in [2.24, 2.45) is 5.10 Å². The van der Waals surface area contributed by atoms with E-state index in [0.29, 0.717) is 29.4 Å². The van der Waals surface area contributed by atoms with Gasteiger partial charge in [0.2, 0.25) is 0 Å². The molecule has 0 aliphatic carbocycles. The monoisotopic (exact) mass is 463 g/mol.